The molecule has 5 atom stereocenters. The summed E-state index contributed by atoms with van der Waals surface area (Å²) in [6.07, 6.45) is 7.63. The van der Waals surface area contributed by atoms with E-state index in [2.05, 4.69) is 25.6 Å². The number of aromatic nitrogens is 3. The lowest BCUT2D eigenvalue weighted by Crippen LogP contribution is -2.58. The Bertz CT molecular complexity index is 2290. The molecule has 54 heavy (non-hydrogen) atoms. The Hall–Kier alpha value is -5.31. The Morgan fingerprint density at radius 1 is 0.981 bits per heavy atom. The fraction of sp³-hybridized carbons (Fsp3) is 0.436. The van der Waals surface area contributed by atoms with E-state index in [1.807, 2.05) is 60.7 Å². The molecule has 4 aliphatic rings. The first-order valence-corrected chi connectivity index (χ1v) is 20.2. The van der Waals surface area contributed by atoms with Gasteiger partial charge in [0.2, 0.25) is 27.7 Å². The zero-order valence-electron chi connectivity index (χ0n) is 29.9. The van der Waals surface area contributed by atoms with Gasteiger partial charge in [0.1, 0.15) is 29.4 Å². The van der Waals surface area contributed by atoms with Crippen LogP contribution < -0.4 is 20.1 Å². The molecule has 282 valence electrons. The van der Waals surface area contributed by atoms with E-state index in [1.165, 1.54) is 4.90 Å². The van der Waals surface area contributed by atoms with E-state index in [0.717, 1.165) is 34.5 Å². The minimum Gasteiger partial charge on any atom is -0.472 e. The van der Waals surface area contributed by atoms with Gasteiger partial charge in [-0.1, -0.05) is 61.4 Å². The molecule has 2 aromatic heterocycles. The molecule has 0 unspecified atom stereocenters. The summed E-state index contributed by atoms with van der Waals surface area (Å²) in [5.74, 6) is -2.44. The van der Waals surface area contributed by atoms with Gasteiger partial charge in [0.05, 0.1) is 17.3 Å². The van der Waals surface area contributed by atoms with Gasteiger partial charge in [0.25, 0.3) is 11.8 Å². The number of amides is 4. The Labute approximate surface area is 312 Å². The van der Waals surface area contributed by atoms with Gasteiger partial charge in [0.15, 0.2) is 0 Å². The van der Waals surface area contributed by atoms with Crippen LogP contribution in [0.15, 0.2) is 66.7 Å². The van der Waals surface area contributed by atoms with Crippen molar-refractivity contribution >= 4 is 55.3 Å². The predicted molar refractivity (Wildman–Crippen MR) is 200 cm³/mol. The molecule has 3 fully saturated rings. The number of carbonyl (C=O) groups excluding carboxylic acids is 4. The molecule has 14 nitrogen and oxygen atoms in total. The highest BCUT2D eigenvalue weighted by atomic mass is 32.2. The molecular weight excluding hydrogens is 711 g/mol. The number of aromatic amines is 1. The van der Waals surface area contributed by atoms with Crippen molar-refractivity contribution in [3.05, 3.63) is 78.1 Å². The molecule has 2 aromatic carbocycles. The number of H-pyrrole nitrogens is 1. The molecule has 0 spiro atoms. The van der Waals surface area contributed by atoms with E-state index in [4.69, 9.17) is 9.72 Å². The largest absolute Gasteiger partial charge is 0.472 e. The Morgan fingerprint density at radius 3 is 2.50 bits per heavy atom. The minimum atomic E-state index is -3.89. The van der Waals surface area contributed by atoms with Crippen molar-refractivity contribution in [3.63, 3.8) is 0 Å². The van der Waals surface area contributed by atoms with Gasteiger partial charge in [-0.3, -0.25) is 29.0 Å². The van der Waals surface area contributed by atoms with Crippen molar-refractivity contribution in [2.45, 2.75) is 93.7 Å². The summed E-state index contributed by atoms with van der Waals surface area (Å²) in [6.45, 7) is 1.78. The summed E-state index contributed by atoms with van der Waals surface area (Å²) in [7, 11) is -3.89. The predicted octanol–water partition coefficient (Wildman–Crippen LogP) is 3.57. The number of hydrogen-bond donors (Lipinski definition) is 4. The molecule has 4 aromatic rings. The molecule has 4 N–H and O–H groups in total. The average Bonchev–Trinajstić information content (AvgIpc) is 4.05. The second-order valence-corrected chi connectivity index (χ2v) is 16.9. The summed E-state index contributed by atoms with van der Waals surface area (Å²) in [6, 6.07) is 15.0. The maximum Gasteiger partial charge on any atom is 0.272 e. The number of sulfonamides is 1. The molecule has 8 rings (SSSR count). The maximum atomic E-state index is 14.6. The number of nitrogens with one attached hydrogen (secondary N) is 4. The summed E-state index contributed by atoms with van der Waals surface area (Å²) in [5.41, 5.74) is 0.0619. The normalized spacial score (nSPS) is 26.3. The second-order valence-electron chi connectivity index (χ2n) is 14.9. The third-order valence-corrected chi connectivity index (χ3v) is 12.8. The van der Waals surface area contributed by atoms with Crippen molar-refractivity contribution in [1.82, 2.24) is 35.4 Å². The SMILES string of the molecule is Cc1cc(C(=O)N[C@H]2CCCCCC=C[C@H]3C[C@@]3(C(=O)NS(=O)(=O)C3CC3)NC(=O)[C@@H]3C[C@@H](Oc4nc5ccccc5c5ccccc45)CN3C2=O)n[nH]1. The van der Waals surface area contributed by atoms with Crippen LogP contribution in [0, 0.1) is 12.8 Å². The maximum absolute atomic E-state index is 14.6. The number of ether oxygens (including phenoxy) is 1. The molecule has 2 aliphatic heterocycles. The molecule has 0 bridgehead atoms. The van der Waals surface area contributed by atoms with E-state index in [-0.39, 0.29) is 25.1 Å². The third kappa shape index (κ3) is 7.04. The first-order valence-electron chi connectivity index (χ1n) is 18.6. The first-order chi connectivity index (χ1) is 26.0. The van der Waals surface area contributed by atoms with Gasteiger partial charge in [0, 0.05) is 28.8 Å². The Morgan fingerprint density at radius 2 is 1.74 bits per heavy atom. The van der Waals surface area contributed by atoms with Crippen molar-refractivity contribution in [2.24, 2.45) is 5.92 Å². The topological polar surface area (TPSA) is 193 Å². The van der Waals surface area contributed by atoms with Crippen LogP contribution in [-0.2, 0) is 24.4 Å². The van der Waals surface area contributed by atoms with Crippen LogP contribution in [0.4, 0.5) is 0 Å². The lowest BCUT2D eigenvalue weighted by Gasteiger charge is -2.29. The van der Waals surface area contributed by atoms with Gasteiger partial charge >= 0.3 is 0 Å². The summed E-state index contributed by atoms with van der Waals surface area (Å²) in [4.78, 5) is 62.4. The Kier molecular flexibility index (Phi) is 9.36. The number of hydrogen-bond acceptors (Lipinski definition) is 9. The number of aryl methyl sites for hydroxylation is 1. The van der Waals surface area contributed by atoms with Gasteiger partial charge in [-0.2, -0.15) is 5.10 Å². The number of carbonyl (C=O) groups is 4. The number of pyridine rings is 1. The molecule has 2 aliphatic carbocycles. The minimum absolute atomic E-state index is 0.00617. The van der Waals surface area contributed by atoms with Gasteiger partial charge in [-0.25, -0.2) is 13.4 Å². The molecule has 15 heteroatoms. The quantitative estimate of drug-likeness (QED) is 0.161. The second kappa shape index (κ2) is 14.2. The monoisotopic (exact) mass is 753 g/mol. The van der Waals surface area contributed by atoms with E-state index in [9.17, 15) is 27.6 Å². The van der Waals surface area contributed by atoms with Gasteiger partial charge in [-0.15, -0.1) is 0 Å². The van der Waals surface area contributed by atoms with Crippen LogP contribution in [0.25, 0.3) is 21.7 Å². The lowest BCUT2D eigenvalue weighted by atomic mass is 10.0. The first kappa shape index (κ1) is 35.7. The summed E-state index contributed by atoms with van der Waals surface area (Å²) >= 11 is 0. The van der Waals surface area contributed by atoms with E-state index in [1.54, 1.807) is 13.0 Å². The van der Waals surface area contributed by atoms with E-state index >= 15 is 0 Å². The lowest BCUT2D eigenvalue weighted by molar-refractivity contribution is -0.141. The molecule has 2 saturated carbocycles. The molecule has 4 heterocycles. The fourth-order valence-electron chi connectivity index (χ4n) is 7.73. The fourth-order valence-corrected chi connectivity index (χ4v) is 9.10. The standard InChI is InChI=1S/C39H43N7O7S/c1-23-19-32(44-43-23)34(47)40-31-16-6-4-2-3-5-11-24-21-39(24,38(50)45-54(51,52)26-17-18-26)42-35(48)33-20-25(22-46(33)37(31)49)53-36-29-14-8-7-12-27(29)28-13-9-10-15-30(28)41-36/h5,7-15,19,24-26,31,33H,2-4,6,16-18,20-22H2,1H3,(H,40,47)(H,42,48)(H,43,44)(H,45,50)/t24-,25+,31-,33-,39+/m0/s1. The third-order valence-electron chi connectivity index (χ3n) is 10.9. The number of nitrogens with zero attached hydrogens (tertiary/aromatic N) is 3. The van der Waals surface area contributed by atoms with Gasteiger partial charge < -0.3 is 20.3 Å². The highest BCUT2D eigenvalue weighted by Crippen LogP contribution is 2.46. The van der Waals surface area contributed by atoms with Crippen molar-refractivity contribution in [1.29, 1.82) is 0 Å². The van der Waals surface area contributed by atoms with E-state index < -0.39 is 68.5 Å². The molecule has 1 saturated heterocycles. The number of para-hydroxylation sites is 1. The van der Waals surface area contributed by atoms with Crippen LogP contribution in [0.3, 0.4) is 0 Å². The Balaban J connectivity index is 1.12. The van der Waals surface area contributed by atoms with Crippen molar-refractivity contribution < 1.29 is 32.3 Å². The van der Waals surface area contributed by atoms with Crippen LogP contribution >= 0.6 is 0 Å². The van der Waals surface area contributed by atoms with Crippen LogP contribution in [-0.4, -0.2) is 87.6 Å². The number of benzene rings is 2. The zero-order chi connectivity index (χ0) is 37.6. The van der Waals surface area contributed by atoms with Crippen LogP contribution in [0.5, 0.6) is 5.88 Å². The highest BCUT2D eigenvalue weighted by Gasteiger charge is 2.62. The van der Waals surface area contributed by atoms with Crippen LogP contribution in [0.2, 0.25) is 0 Å². The number of rotatable bonds is 7. The molecule has 4 amide bonds. The summed E-state index contributed by atoms with van der Waals surface area (Å²) < 4.78 is 34.5. The number of allylic oxidation sites excluding steroid dienone is 1. The highest BCUT2D eigenvalue weighted by molar-refractivity contribution is 7.91. The van der Waals surface area contributed by atoms with Crippen molar-refractivity contribution in [2.75, 3.05) is 6.54 Å². The van der Waals surface area contributed by atoms with Crippen LogP contribution in [0.1, 0.15) is 74.0 Å². The average molecular weight is 754 g/mol. The van der Waals surface area contributed by atoms with E-state index in [0.29, 0.717) is 43.7 Å². The smallest absolute Gasteiger partial charge is 0.272 e. The molecule has 0 radical (unpaired) electrons. The zero-order valence-corrected chi connectivity index (χ0v) is 30.7. The summed E-state index contributed by atoms with van der Waals surface area (Å²) in [5, 5.41) is 14.6. The number of fused-ring (bicyclic) bond motifs is 5. The molecular formula is C39H43N7O7S. The van der Waals surface area contributed by atoms with Crippen molar-refractivity contribution in [3.8, 4) is 5.88 Å². The van der Waals surface area contributed by atoms with Gasteiger partial charge in [-0.05, 0) is 69.0 Å².